The Balaban J connectivity index is 0.00000616. The largest absolute Gasteiger partial charge is 1.00 e. The lowest BCUT2D eigenvalue weighted by Gasteiger charge is -2.33. The molecule has 232 valence electrons. The van der Waals surface area contributed by atoms with Gasteiger partial charge >= 0.3 is 0 Å². The minimum Gasteiger partial charge on any atom is -1.00 e. The first-order valence-corrected chi connectivity index (χ1v) is 14.9. The third-order valence-electron chi connectivity index (χ3n) is 7.09. The Kier molecular flexibility index (Phi) is 14.5. The molecule has 0 saturated heterocycles. The molecule has 0 saturated carbocycles. The molecule has 5 nitrogen and oxygen atoms in total. The molecule has 0 aliphatic rings. The van der Waals surface area contributed by atoms with Gasteiger partial charge in [-0.25, -0.2) is 0 Å². The number of rotatable bonds is 17. The van der Waals surface area contributed by atoms with Gasteiger partial charge in [0.1, 0.15) is 37.8 Å². The lowest BCUT2D eigenvalue weighted by molar-refractivity contribution is -0.904. The maximum Gasteiger partial charge on any atom is 0.119 e. The van der Waals surface area contributed by atoms with Gasteiger partial charge < -0.3 is 40.4 Å². The van der Waals surface area contributed by atoms with Crippen LogP contribution in [0.1, 0.15) is 57.7 Å². The molecular formula is C36H52BrNO4. The van der Waals surface area contributed by atoms with Crippen molar-refractivity contribution < 1.29 is 40.4 Å². The fourth-order valence-electron chi connectivity index (χ4n) is 5.31. The molecule has 0 fully saturated rings. The van der Waals surface area contributed by atoms with Crippen LogP contribution < -0.4 is 26.5 Å². The number of quaternary nitrogens is 1. The summed E-state index contributed by atoms with van der Waals surface area (Å²) < 4.78 is 24.2. The third kappa shape index (κ3) is 13.7. The van der Waals surface area contributed by atoms with E-state index in [1.165, 1.54) is 16.7 Å². The van der Waals surface area contributed by atoms with Crippen molar-refractivity contribution in [2.45, 2.75) is 59.6 Å². The van der Waals surface area contributed by atoms with E-state index < -0.39 is 0 Å². The topological polar surface area (TPSA) is 36.9 Å². The molecule has 0 heterocycles. The van der Waals surface area contributed by atoms with E-state index in [2.05, 4.69) is 97.2 Å². The van der Waals surface area contributed by atoms with Crippen LogP contribution in [0.4, 0.5) is 0 Å². The molecule has 0 amide bonds. The molecule has 3 aromatic carbocycles. The summed E-state index contributed by atoms with van der Waals surface area (Å²) in [6.45, 7) is 16.9. The monoisotopic (exact) mass is 641 g/mol. The van der Waals surface area contributed by atoms with Gasteiger partial charge in [0.15, 0.2) is 0 Å². The Labute approximate surface area is 265 Å². The summed E-state index contributed by atoms with van der Waals surface area (Å²) in [7, 11) is 4.47. The van der Waals surface area contributed by atoms with E-state index in [-0.39, 0.29) is 22.4 Å². The molecule has 0 N–H and O–H groups in total. The van der Waals surface area contributed by atoms with Crippen LogP contribution in [0.3, 0.4) is 0 Å². The maximum atomic E-state index is 5.93. The fraction of sp³-hybridized carbons (Fsp3) is 0.500. The quantitative estimate of drug-likeness (QED) is 0.159. The Morgan fingerprint density at radius 3 is 1.71 bits per heavy atom. The molecule has 3 aromatic rings. The average molecular weight is 643 g/mol. The second-order valence-electron chi connectivity index (χ2n) is 13.5. The molecule has 0 aliphatic carbocycles. The van der Waals surface area contributed by atoms with Gasteiger partial charge in [-0.05, 0) is 64.8 Å². The maximum absolute atomic E-state index is 5.93. The minimum absolute atomic E-state index is 0. The predicted octanol–water partition coefficient (Wildman–Crippen LogP) is 4.67. The number of hydrogen-bond acceptors (Lipinski definition) is 4. The van der Waals surface area contributed by atoms with Crippen molar-refractivity contribution in [3.8, 4) is 11.5 Å². The average Bonchev–Trinajstić information content (AvgIpc) is 2.91. The lowest BCUT2D eigenvalue weighted by Crippen LogP contribution is -3.00. The smallest absolute Gasteiger partial charge is 0.119 e. The van der Waals surface area contributed by atoms with Crippen molar-refractivity contribution in [1.82, 2.24) is 0 Å². The number of nitrogens with zero attached hydrogens (tertiary/aromatic N) is 1. The highest BCUT2D eigenvalue weighted by Gasteiger charge is 2.27. The molecule has 3 rings (SSSR count). The van der Waals surface area contributed by atoms with Gasteiger partial charge in [0.2, 0.25) is 0 Å². The first-order valence-electron chi connectivity index (χ1n) is 14.9. The van der Waals surface area contributed by atoms with Gasteiger partial charge in [0, 0.05) is 5.56 Å². The van der Waals surface area contributed by atoms with Crippen LogP contribution in [-0.2, 0) is 28.0 Å². The molecule has 42 heavy (non-hydrogen) atoms. The Bertz CT molecular complexity index is 1140. The lowest BCUT2D eigenvalue weighted by atomic mass is 9.72. The normalized spacial score (nSPS) is 12.1. The fourth-order valence-corrected chi connectivity index (χ4v) is 5.31. The SMILES string of the molecule is CC(C)(C)CC(C)(C)c1ccc(OCCOCC[N+](C)(C)Cc2ccc(OCCOCc3ccccc3)cc2)cc1.[Br-]. The molecular weight excluding hydrogens is 590 g/mol. The number of ether oxygens (including phenoxy) is 4. The Morgan fingerprint density at radius 2 is 1.14 bits per heavy atom. The van der Waals surface area contributed by atoms with Crippen LogP contribution in [0.15, 0.2) is 78.9 Å². The van der Waals surface area contributed by atoms with Crippen LogP contribution >= 0.6 is 0 Å². The first-order chi connectivity index (χ1) is 19.4. The highest BCUT2D eigenvalue weighted by molar-refractivity contribution is 5.32. The van der Waals surface area contributed by atoms with Gasteiger partial charge in [-0.3, -0.25) is 0 Å². The second-order valence-corrected chi connectivity index (χ2v) is 13.5. The minimum atomic E-state index is 0. The molecule has 0 radical (unpaired) electrons. The van der Waals surface area contributed by atoms with E-state index in [0.29, 0.717) is 45.1 Å². The van der Waals surface area contributed by atoms with Crippen molar-refractivity contribution in [1.29, 1.82) is 0 Å². The summed E-state index contributed by atoms with van der Waals surface area (Å²) in [5.74, 6) is 1.76. The number of likely N-dealkylation sites (N-methyl/N-ethyl adjacent to an activating group) is 1. The molecule has 0 aromatic heterocycles. The van der Waals surface area contributed by atoms with Crippen LogP contribution in [-0.4, -0.2) is 58.2 Å². The zero-order chi connectivity index (χ0) is 29.8. The predicted molar refractivity (Wildman–Crippen MR) is 169 cm³/mol. The van der Waals surface area contributed by atoms with Gasteiger partial charge in [0.25, 0.3) is 0 Å². The molecule has 0 spiro atoms. The molecule has 0 unspecified atom stereocenters. The Morgan fingerprint density at radius 1 is 0.595 bits per heavy atom. The van der Waals surface area contributed by atoms with E-state index >= 15 is 0 Å². The van der Waals surface area contributed by atoms with Crippen molar-refractivity contribution in [3.63, 3.8) is 0 Å². The summed E-state index contributed by atoms with van der Waals surface area (Å²) in [4.78, 5) is 0. The summed E-state index contributed by atoms with van der Waals surface area (Å²) in [5.41, 5.74) is 4.23. The van der Waals surface area contributed by atoms with Crippen molar-refractivity contribution >= 4 is 0 Å². The first kappa shape index (κ1) is 35.8. The highest BCUT2D eigenvalue weighted by Crippen LogP contribution is 2.36. The van der Waals surface area contributed by atoms with E-state index in [1.54, 1.807) is 0 Å². The summed E-state index contributed by atoms with van der Waals surface area (Å²) in [5, 5.41) is 0. The zero-order valence-corrected chi connectivity index (χ0v) is 28.4. The van der Waals surface area contributed by atoms with Crippen LogP contribution in [0.5, 0.6) is 11.5 Å². The number of halogens is 1. The van der Waals surface area contributed by atoms with E-state index in [9.17, 15) is 0 Å². The van der Waals surface area contributed by atoms with Gasteiger partial charge in [-0.1, -0.05) is 77.1 Å². The molecule has 0 bridgehead atoms. The molecule has 0 aliphatic heterocycles. The summed E-state index contributed by atoms with van der Waals surface area (Å²) in [6, 6.07) is 27.1. The summed E-state index contributed by atoms with van der Waals surface area (Å²) in [6.07, 6.45) is 1.13. The zero-order valence-electron chi connectivity index (χ0n) is 26.8. The highest BCUT2D eigenvalue weighted by atomic mass is 79.9. The van der Waals surface area contributed by atoms with Crippen LogP contribution in [0.2, 0.25) is 0 Å². The Hall–Kier alpha value is -2.38. The van der Waals surface area contributed by atoms with Crippen molar-refractivity contribution in [2.24, 2.45) is 5.41 Å². The van der Waals surface area contributed by atoms with Crippen molar-refractivity contribution in [3.05, 3.63) is 95.6 Å². The van der Waals surface area contributed by atoms with Gasteiger partial charge in [-0.15, -0.1) is 0 Å². The van der Waals surface area contributed by atoms with Gasteiger partial charge in [0.05, 0.1) is 40.5 Å². The van der Waals surface area contributed by atoms with Crippen LogP contribution in [0.25, 0.3) is 0 Å². The van der Waals surface area contributed by atoms with E-state index in [4.69, 9.17) is 18.9 Å². The molecule has 6 heteroatoms. The summed E-state index contributed by atoms with van der Waals surface area (Å²) >= 11 is 0. The number of benzene rings is 3. The van der Waals surface area contributed by atoms with E-state index in [1.807, 2.05) is 30.3 Å². The standard InChI is InChI=1S/C36H52NO4.BrH/c1-35(2,3)29-36(4,5)32-15-19-34(20-16-32)40-25-23-38-22-21-37(6,7)27-30-13-17-33(18-14-30)41-26-24-39-28-31-11-9-8-10-12-31;/h8-20H,21-29H2,1-7H3;1H/q+1;/p-1. The van der Waals surface area contributed by atoms with Gasteiger partial charge in [-0.2, -0.15) is 0 Å². The number of hydrogen-bond donors (Lipinski definition) is 0. The van der Waals surface area contributed by atoms with E-state index in [0.717, 1.165) is 35.5 Å². The molecule has 0 atom stereocenters. The van der Waals surface area contributed by atoms with Crippen LogP contribution in [0, 0.1) is 5.41 Å². The van der Waals surface area contributed by atoms with Crippen molar-refractivity contribution in [2.75, 3.05) is 53.7 Å². The second kappa shape index (κ2) is 17.0. The third-order valence-corrected chi connectivity index (χ3v) is 7.09.